The SMILES string of the molecule is CC1=CN=C(OCc2ccccc2)SC1. The third-order valence-electron chi connectivity index (χ3n) is 2.02. The zero-order valence-corrected chi connectivity index (χ0v) is 9.46. The minimum Gasteiger partial charge on any atom is -0.468 e. The van der Waals surface area contributed by atoms with E-state index >= 15 is 0 Å². The molecular formula is C12H13NOS. The molecule has 0 spiro atoms. The number of hydrogen-bond acceptors (Lipinski definition) is 3. The Hall–Kier alpha value is -1.22. The lowest BCUT2D eigenvalue weighted by Gasteiger charge is -2.11. The van der Waals surface area contributed by atoms with Gasteiger partial charge < -0.3 is 4.74 Å². The summed E-state index contributed by atoms with van der Waals surface area (Å²) in [5.74, 6) is 0.980. The number of benzene rings is 1. The largest absolute Gasteiger partial charge is 0.468 e. The average molecular weight is 219 g/mol. The number of ether oxygens (including phenoxy) is 1. The van der Waals surface area contributed by atoms with Gasteiger partial charge in [-0.05, 0) is 18.1 Å². The van der Waals surface area contributed by atoms with E-state index in [1.54, 1.807) is 11.8 Å². The highest BCUT2D eigenvalue weighted by atomic mass is 32.2. The van der Waals surface area contributed by atoms with Gasteiger partial charge in [0, 0.05) is 12.0 Å². The Kier molecular flexibility index (Phi) is 3.45. The summed E-state index contributed by atoms with van der Waals surface area (Å²) in [5, 5.41) is 0.768. The third-order valence-corrected chi connectivity index (χ3v) is 3.09. The van der Waals surface area contributed by atoms with Crippen molar-refractivity contribution in [3.05, 3.63) is 47.7 Å². The number of nitrogens with zero attached hydrogens (tertiary/aromatic N) is 1. The van der Waals surface area contributed by atoms with Crippen LogP contribution in [0.25, 0.3) is 0 Å². The van der Waals surface area contributed by atoms with Gasteiger partial charge in [-0.15, -0.1) is 0 Å². The van der Waals surface area contributed by atoms with E-state index < -0.39 is 0 Å². The van der Waals surface area contributed by atoms with E-state index in [9.17, 15) is 0 Å². The van der Waals surface area contributed by atoms with Gasteiger partial charge in [-0.2, -0.15) is 0 Å². The van der Waals surface area contributed by atoms with Gasteiger partial charge in [0.1, 0.15) is 6.61 Å². The molecule has 0 N–H and O–H groups in total. The van der Waals surface area contributed by atoms with Crippen LogP contribution in [-0.4, -0.2) is 11.0 Å². The molecule has 0 radical (unpaired) electrons. The normalized spacial score (nSPS) is 15.5. The molecular weight excluding hydrogens is 206 g/mol. The van der Waals surface area contributed by atoms with Crippen LogP contribution in [0.5, 0.6) is 0 Å². The zero-order chi connectivity index (χ0) is 10.5. The van der Waals surface area contributed by atoms with Crippen LogP contribution in [0, 0.1) is 0 Å². The molecule has 0 amide bonds. The summed E-state index contributed by atoms with van der Waals surface area (Å²) < 4.78 is 5.59. The van der Waals surface area contributed by atoms with Crippen LogP contribution in [0.3, 0.4) is 0 Å². The number of rotatable bonds is 2. The summed E-state index contributed by atoms with van der Waals surface area (Å²) in [6.07, 6.45) is 1.87. The van der Waals surface area contributed by atoms with Crippen LogP contribution in [0.15, 0.2) is 47.1 Å². The van der Waals surface area contributed by atoms with E-state index in [1.165, 1.54) is 11.1 Å². The number of hydrogen-bond donors (Lipinski definition) is 0. The topological polar surface area (TPSA) is 21.6 Å². The van der Waals surface area contributed by atoms with Crippen LogP contribution in [0.4, 0.5) is 0 Å². The fourth-order valence-electron chi connectivity index (χ4n) is 1.21. The molecule has 0 bridgehead atoms. The molecule has 0 fully saturated rings. The summed E-state index contributed by atoms with van der Waals surface area (Å²) in [6.45, 7) is 2.67. The number of thioether (sulfide) groups is 1. The highest BCUT2D eigenvalue weighted by molar-refractivity contribution is 8.13. The molecule has 1 aromatic rings. The molecule has 0 aromatic heterocycles. The van der Waals surface area contributed by atoms with Crippen LogP contribution in [-0.2, 0) is 11.3 Å². The standard InChI is InChI=1S/C12H13NOS/c1-10-7-13-12(15-9-10)14-8-11-5-3-2-4-6-11/h2-7H,8-9H2,1H3. The maximum atomic E-state index is 5.59. The first kappa shape index (κ1) is 10.3. The first-order valence-electron chi connectivity index (χ1n) is 4.87. The predicted octanol–water partition coefficient (Wildman–Crippen LogP) is 3.21. The van der Waals surface area contributed by atoms with E-state index in [0.29, 0.717) is 6.61 Å². The van der Waals surface area contributed by atoms with Gasteiger partial charge in [0.25, 0.3) is 5.23 Å². The van der Waals surface area contributed by atoms with Gasteiger partial charge in [-0.3, -0.25) is 0 Å². The predicted molar refractivity (Wildman–Crippen MR) is 64.9 cm³/mol. The van der Waals surface area contributed by atoms with E-state index in [-0.39, 0.29) is 0 Å². The Morgan fingerprint density at radius 3 is 2.80 bits per heavy atom. The minimum atomic E-state index is 0.597. The lowest BCUT2D eigenvalue weighted by Crippen LogP contribution is -2.04. The van der Waals surface area contributed by atoms with Gasteiger partial charge in [0.05, 0.1) is 0 Å². The molecule has 1 aliphatic heterocycles. The molecule has 0 saturated carbocycles. The maximum absolute atomic E-state index is 5.59. The lowest BCUT2D eigenvalue weighted by atomic mass is 10.2. The maximum Gasteiger partial charge on any atom is 0.251 e. The van der Waals surface area contributed by atoms with Gasteiger partial charge in [-0.25, -0.2) is 4.99 Å². The summed E-state index contributed by atoms with van der Waals surface area (Å²) in [4.78, 5) is 4.22. The van der Waals surface area contributed by atoms with Gasteiger partial charge in [0.2, 0.25) is 0 Å². The molecule has 3 heteroatoms. The molecule has 1 aliphatic rings. The summed E-state index contributed by atoms with van der Waals surface area (Å²) in [5.41, 5.74) is 2.46. The van der Waals surface area contributed by atoms with Crippen molar-refractivity contribution in [3.63, 3.8) is 0 Å². The number of aliphatic imine (C=N–C) groups is 1. The monoisotopic (exact) mass is 219 g/mol. The first-order valence-corrected chi connectivity index (χ1v) is 5.86. The summed E-state index contributed by atoms with van der Waals surface area (Å²) in [7, 11) is 0. The molecule has 15 heavy (non-hydrogen) atoms. The minimum absolute atomic E-state index is 0.597. The van der Waals surface area contributed by atoms with Crippen LogP contribution < -0.4 is 0 Å². The molecule has 1 aromatic carbocycles. The van der Waals surface area contributed by atoms with Crippen molar-refractivity contribution in [2.75, 3.05) is 5.75 Å². The van der Waals surface area contributed by atoms with Crippen LogP contribution in [0.2, 0.25) is 0 Å². The van der Waals surface area contributed by atoms with Gasteiger partial charge >= 0.3 is 0 Å². The molecule has 1 heterocycles. The molecule has 0 atom stereocenters. The highest BCUT2D eigenvalue weighted by Gasteiger charge is 2.06. The smallest absolute Gasteiger partial charge is 0.251 e. The second kappa shape index (κ2) is 5.03. The fourth-order valence-corrected chi connectivity index (χ4v) is 1.91. The van der Waals surface area contributed by atoms with Crippen molar-refractivity contribution in [1.82, 2.24) is 0 Å². The Morgan fingerprint density at radius 1 is 1.33 bits per heavy atom. The van der Waals surface area contributed by atoms with Crippen molar-refractivity contribution in [3.8, 4) is 0 Å². The van der Waals surface area contributed by atoms with Gasteiger partial charge in [0.15, 0.2) is 0 Å². The van der Waals surface area contributed by atoms with Crippen molar-refractivity contribution >= 4 is 17.0 Å². The van der Waals surface area contributed by atoms with E-state index in [4.69, 9.17) is 4.74 Å². The van der Waals surface area contributed by atoms with E-state index in [2.05, 4.69) is 24.0 Å². The Labute approximate surface area is 94.1 Å². The second-order valence-corrected chi connectivity index (χ2v) is 4.36. The Bertz CT molecular complexity index is 384. The summed E-state index contributed by atoms with van der Waals surface area (Å²) in [6, 6.07) is 10.1. The molecule has 0 aliphatic carbocycles. The quantitative estimate of drug-likeness (QED) is 0.761. The average Bonchev–Trinajstić information content (AvgIpc) is 2.30. The van der Waals surface area contributed by atoms with Crippen molar-refractivity contribution in [2.45, 2.75) is 13.5 Å². The van der Waals surface area contributed by atoms with Crippen molar-refractivity contribution < 1.29 is 4.74 Å². The Balaban J connectivity index is 1.89. The van der Waals surface area contributed by atoms with E-state index in [1.807, 2.05) is 24.4 Å². The fraction of sp³-hybridized carbons (Fsp3) is 0.250. The molecule has 78 valence electrons. The van der Waals surface area contributed by atoms with Gasteiger partial charge in [-0.1, -0.05) is 42.1 Å². The molecule has 0 saturated heterocycles. The molecule has 0 unspecified atom stereocenters. The van der Waals surface area contributed by atoms with Crippen molar-refractivity contribution in [2.24, 2.45) is 4.99 Å². The van der Waals surface area contributed by atoms with Crippen molar-refractivity contribution in [1.29, 1.82) is 0 Å². The van der Waals surface area contributed by atoms with Crippen LogP contribution >= 0.6 is 11.8 Å². The molecule has 2 rings (SSSR count). The second-order valence-electron chi connectivity index (χ2n) is 3.43. The zero-order valence-electron chi connectivity index (χ0n) is 8.64. The molecule has 2 nitrogen and oxygen atoms in total. The first-order chi connectivity index (χ1) is 7.34. The Morgan fingerprint density at radius 2 is 2.13 bits per heavy atom. The highest BCUT2D eigenvalue weighted by Crippen LogP contribution is 2.17. The van der Waals surface area contributed by atoms with E-state index in [0.717, 1.165) is 11.0 Å². The van der Waals surface area contributed by atoms with Crippen LogP contribution in [0.1, 0.15) is 12.5 Å². The third kappa shape index (κ3) is 3.13. The lowest BCUT2D eigenvalue weighted by molar-refractivity contribution is 0.302. The summed E-state index contributed by atoms with van der Waals surface area (Å²) >= 11 is 1.65.